The highest BCUT2D eigenvalue weighted by atomic mass is 31.2. The van der Waals surface area contributed by atoms with Crippen LogP contribution in [-0.2, 0) is 32.7 Å². The fourth-order valence-corrected chi connectivity index (χ4v) is 5.80. The highest BCUT2D eigenvalue weighted by Gasteiger charge is 2.21. The van der Waals surface area contributed by atoms with E-state index in [2.05, 4.69) is 80.7 Å². The van der Waals surface area contributed by atoms with Crippen molar-refractivity contribution in [2.24, 2.45) is 0 Å². The maximum absolute atomic E-state index is 12.6. The van der Waals surface area contributed by atoms with Gasteiger partial charge < -0.3 is 27.9 Å². The van der Waals surface area contributed by atoms with Crippen LogP contribution in [0.1, 0.15) is 149 Å². The van der Waals surface area contributed by atoms with Crippen molar-refractivity contribution in [2.45, 2.75) is 155 Å². The number of likely N-dealkylation sites (N-methyl/N-ethyl adjacent to an activating group) is 1. The van der Waals surface area contributed by atoms with Gasteiger partial charge in [0.2, 0.25) is 0 Å². The third-order valence-corrected chi connectivity index (χ3v) is 9.41. The molecule has 0 aliphatic heterocycles. The highest BCUT2D eigenvalue weighted by Crippen LogP contribution is 2.38. The molecule has 0 heterocycles. The number of phosphoric ester groups is 1. The van der Waals surface area contributed by atoms with Gasteiger partial charge in [0.1, 0.15) is 19.8 Å². The summed E-state index contributed by atoms with van der Waals surface area (Å²) in [5, 5.41) is 0. The lowest BCUT2D eigenvalue weighted by Gasteiger charge is -2.28. The van der Waals surface area contributed by atoms with E-state index in [0.29, 0.717) is 30.3 Å². The van der Waals surface area contributed by atoms with Crippen molar-refractivity contribution in [3.63, 3.8) is 0 Å². The van der Waals surface area contributed by atoms with Crippen LogP contribution in [0.2, 0.25) is 0 Å². The molecule has 0 amide bonds. The van der Waals surface area contributed by atoms with Crippen molar-refractivity contribution in [1.82, 2.24) is 0 Å². The average molecular weight is 792 g/mol. The van der Waals surface area contributed by atoms with Gasteiger partial charge in [-0.2, -0.15) is 0 Å². The third kappa shape index (κ3) is 40.9. The summed E-state index contributed by atoms with van der Waals surface area (Å²) in [6.45, 7) is 4.05. The summed E-state index contributed by atoms with van der Waals surface area (Å²) in [6.07, 6.45) is 45.0. The molecule has 0 aromatic heterocycles. The van der Waals surface area contributed by atoms with Crippen LogP contribution in [0.3, 0.4) is 0 Å². The molecule has 10 heteroatoms. The van der Waals surface area contributed by atoms with Gasteiger partial charge in [0.25, 0.3) is 7.82 Å². The third-order valence-electron chi connectivity index (χ3n) is 8.45. The molecule has 55 heavy (non-hydrogen) atoms. The number of unbranched alkanes of at least 4 members (excludes halogenated alkanes) is 11. The Balaban J connectivity index is 4.53. The minimum absolute atomic E-state index is 0.0469. The van der Waals surface area contributed by atoms with Crippen LogP contribution in [0.15, 0.2) is 72.9 Å². The van der Waals surface area contributed by atoms with Crippen LogP contribution in [0.5, 0.6) is 0 Å². The molecule has 0 bridgehead atoms. The molecule has 0 rings (SSSR count). The molecular formula is C45H78NO8P. The number of esters is 2. The lowest BCUT2D eigenvalue weighted by atomic mass is 10.1. The number of allylic oxidation sites excluding steroid dienone is 12. The number of ether oxygens (including phenoxy) is 2. The predicted octanol–water partition coefficient (Wildman–Crippen LogP) is 11.2. The smallest absolute Gasteiger partial charge is 0.306 e. The zero-order valence-electron chi connectivity index (χ0n) is 35.3. The standard InChI is InChI=1S/C45H78NO8P/c1-6-8-10-12-14-16-18-20-22-23-24-26-28-30-32-34-36-38-45(48)54-43(42-53-55(49,50)52-40-39-46(3,4)5)41-51-44(47)37-35-33-31-29-27-25-21-19-17-15-13-11-9-7-2/h13-16,19-22,24,26,30,32,43H,6-12,17-18,23,25,27-29,31,33-42H2,1-5H3/b15-13+,16-14+,21-19+,22-20+,26-24+,32-30+/t43-/m1/s1. The number of carbonyl (C=O) groups is 2. The molecule has 0 spiro atoms. The maximum Gasteiger partial charge on any atom is 0.306 e. The Hall–Kier alpha value is -2.55. The van der Waals surface area contributed by atoms with Gasteiger partial charge in [-0.3, -0.25) is 14.2 Å². The van der Waals surface area contributed by atoms with Crippen LogP contribution in [0.25, 0.3) is 0 Å². The Labute approximate surface area is 336 Å². The zero-order valence-corrected chi connectivity index (χ0v) is 36.2. The first-order valence-electron chi connectivity index (χ1n) is 21.1. The van der Waals surface area contributed by atoms with Gasteiger partial charge >= 0.3 is 11.9 Å². The van der Waals surface area contributed by atoms with E-state index in [1.165, 1.54) is 38.5 Å². The molecule has 0 N–H and O–H groups in total. The summed E-state index contributed by atoms with van der Waals surface area (Å²) in [5.41, 5.74) is 0. The van der Waals surface area contributed by atoms with E-state index in [1.54, 1.807) is 0 Å². The predicted molar refractivity (Wildman–Crippen MR) is 226 cm³/mol. The fourth-order valence-electron chi connectivity index (χ4n) is 5.07. The Bertz CT molecular complexity index is 1170. The average Bonchev–Trinajstić information content (AvgIpc) is 3.13. The van der Waals surface area contributed by atoms with Crippen molar-refractivity contribution in [1.29, 1.82) is 0 Å². The number of carbonyl (C=O) groups excluding carboxylic acids is 2. The van der Waals surface area contributed by atoms with Gasteiger partial charge in [-0.25, -0.2) is 0 Å². The number of hydrogen-bond acceptors (Lipinski definition) is 8. The molecule has 9 nitrogen and oxygen atoms in total. The first-order valence-corrected chi connectivity index (χ1v) is 22.6. The molecule has 0 radical (unpaired) electrons. The topological polar surface area (TPSA) is 111 Å². The van der Waals surface area contributed by atoms with E-state index in [-0.39, 0.29) is 26.1 Å². The summed E-state index contributed by atoms with van der Waals surface area (Å²) >= 11 is 0. The summed E-state index contributed by atoms with van der Waals surface area (Å²) < 4.78 is 33.8. The van der Waals surface area contributed by atoms with E-state index in [1.807, 2.05) is 27.2 Å². The van der Waals surface area contributed by atoms with E-state index < -0.39 is 32.5 Å². The van der Waals surface area contributed by atoms with Crippen LogP contribution < -0.4 is 4.89 Å². The maximum atomic E-state index is 12.6. The van der Waals surface area contributed by atoms with Crippen molar-refractivity contribution in [3.05, 3.63) is 72.9 Å². The molecule has 0 saturated heterocycles. The van der Waals surface area contributed by atoms with Gasteiger partial charge in [0, 0.05) is 12.8 Å². The zero-order chi connectivity index (χ0) is 40.7. The number of nitrogens with zero attached hydrogens (tertiary/aromatic N) is 1. The van der Waals surface area contributed by atoms with Gasteiger partial charge in [0.05, 0.1) is 27.7 Å². The van der Waals surface area contributed by atoms with Gasteiger partial charge in [-0.15, -0.1) is 0 Å². The Morgan fingerprint density at radius 2 is 1.02 bits per heavy atom. The normalized spacial score (nSPS) is 14.4. The molecule has 0 aliphatic rings. The van der Waals surface area contributed by atoms with Crippen molar-refractivity contribution >= 4 is 19.8 Å². The number of hydrogen-bond donors (Lipinski definition) is 0. The molecule has 0 saturated carbocycles. The SMILES string of the molecule is CCCC/C=C/C/C=C/CCCCCCCC(=O)OC[C@H](COP(=O)([O-])OCC[N+](C)(C)C)OC(=O)CCC/C=C/C/C=C/C/C=C/C/C=C/CCCCC. The van der Waals surface area contributed by atoms with Crippen molar-refractivity contribution in [3.8, 4) is 0 Å². The van der Waals surface area contributed by atoms with E-state index in [9.17, 15) is 19.0 Å². The Morgan fingerprint density at radius 3 is 1.56 bits per heavy atom. The van der Waals surface area contributed by atoms with Gasteiger partial charge in [-0.05, 0) is 77.0 Å². The van der Waals surface area contributed by atoms with E-state index in [0.717, 1.165) is 64.2 Å². The highest BCUT2D eigenvalue weighted by molar-refractivity contribution is 7.45. The summed E-state index contributed by atoms with van der Waals surface area (Å²) in [6, 6.07) is 0. The fraction of sp³-hybridized carbons (Fsp3) is 0.689. The number of quaternary nitrogens is 1. The van der Waals surface area contributed by atoms with Crippen LogP contribution in [-0.4, -0.2) is 70.0 Å². The second-order valence-electron chi connectivity index (χ2n) is 15.0. The summed E-state index contributed by atoms with van der Waals surface area (Å²) in [7, 11) is 1.11. The number of phosphoric acid groups is 1. The first kappa shape index (κ1) is 52.5. The van der Waals surface area contributed by atoms with Crippen molar-refractivity contribution < 1.29 is 42.1 Å². The van der Waals surface area contributed by atoms with Crippen LogP contribution >= 0.6 is 7.82 Å². The Kier molecular flexibility index (Phi) is 35.3. The number of rotatable bonds is 37. The van der Waals surface area contributed by atoms with Gasteiger partial charge in [0.15, 0.2) is 6.10 Å². The molecule has 1 unspecified atom stereocenters. The summed E-state index contributed by atoms with van der Waals surface area (Å²) in [5.74, 6) is -0.925. The van der Waals surface area contributed by atoms with Crippen LogP contribution in [0.4, 0.5) is 0 Å². The quantitative estimate of drug-likeness (QED) is 0.0201. The molecular weight excluding hydrogens is 713 g/mol. The van der Waals surface area contributed by atoms with Gasteiger partial charge in [-0.1, -0.05) is 132 Å². The minimum atomic E-state index is -4.64. The van der Waals surface area contributed by atoms with Crippen molar-refractivity contribution in [2.75, 3.05) is 47.5 Å². The molecule has 0 aromatic rings. The lowest BCUT2D eigenvalue weighted by molar-refractivity contribution is -0.870. The largest absolute Gasteiger partial charge is 0.756 e. The molecule has 0 aliphatic carbocycles. The Morgan fingerprint density at radius 1 is 0.564 bits per heavy atom. The second kappa shape index (κ2) is 37.1. The minimum Gasteiger partial charge on any atom is -0.756 e. The molecule has 0 fully saturated rings. The molecule has 2 atom stereocenters. The first-order chi connectivity index (χ1) is 26.5. The van der Waals surface area contributed by atoms with E-state index >= 15 is 0 Å². The lowest BCUT2D eigenvalue weighted by Crippen LogP contribution is -2.37. The summed E-state index contributed by atoms with van der Waals surface area (Å²) in [4.78, 5) is 37.4. The van der Waals surface area contributed by atoms with E-state index in [4.69, 9.17) is 18.5 Å². The molecule has 316 valence electrons. The monoisotopic (exact) mass is 792 g/mol. The van der Waals surface area contributed by atoms with Crippen LogP contribution in [0, 0.1) is 0 Å². The molecule has 0 aromatic carbocycles. The second-order valence-corrected chi connectivity index (χ2v) is 16.4.